The summed E-state index contributed by atoms with van der Waals surface area (Å²) in [6, 6.07) is 20.1. The number of pyridine rings is 4. The van der Waals surface area contributed by atoms with Crippen molar-refractivity contribution in [3.05, 3.63) is 102 Å². The molecule has 28 heavy (non-hydrogen) atoms. The second-order valence-electron chi connectivity index (χ2n) is 6.62. The molecule has 0 saturated heterocycles. The van der Waals surface area contributed by atoms with Crippen LogP contribution in [0, 0.1) is 6.92 Å². The van der Waals surface area contributed by atoms with E-state index in [9.17, 15) is 0 Å². The maximum absolute atomic E-state index is 4.64. The van der Waals surface area contributed by atoms with Crippen molar-refractivity contribution < 1.29 is 0 Å². The second-order valence-corrected chi connectivity index (χ2v) is 6.62. The monoisotopic (exact) mass is 367 g/mol. The Labute approximate surface area is 164 Å². The molecule has 4 heterocycles. The van der Waals surface area contributed by atoms with Gasteiger partial charge in [-0.1, -0.05) is 18.2 Å². The van der Waals surface area contributed by atoms with Gasteiger partial charge in [0.2, 0.25) is 0 Å². The second kappa shape index (κ2) is 8.39. The molecule has 0 N–H and O–H groups in total. The van der Waals surface area contributed by atoms with Crippen LogP contribution in [0.3, 0.4) is 0 Å². The summed E-state index contributed by atoms with van der Waals surface area (Å²) in [5.41, 5.74) is 5.90. The van der Waals surface area contributed by atoms with Gasteiger partial charge >= 0.3 is 0 Å². The van der Waals surface area contributed by atoms with Crippen molar-refractivity contribution in [3.63, 3.8) is 0 Å². The Morgan fingerprint density at radius 3 is 1.71 bits per heavy atom. The van der Waals surface area contributed by atoms with Crippen LogP contribution in [0.4, 0.5) is 5.69 Å². The number of rotatable bonds is 6. The summed E-state index contributed by atoms with van der Waals surface area (Å²) in [5, 5.41) is 0. The first-order valence-corrected chi connectivity index (χ1v) is 9.22. The summed E-state index contributed by atoms with van der Waals surface area (Å²) in [4.78, 5) is 20.3. The van der Waals surface area contributed by atoms with E-state index in [-0.39, 0.29) is 0 Å². The van der Waals surface area contributed by atoms with Crippen LogP contribution in [0.1, 0.15) is 17.0 Å². The average Bonchev–Trinajstić information content (AvgIpc) is 2.75. The van der Waals surface area contributed by atoms with Gasteiger partial charge in [0.25, 0.3) is 0 Å². The van der Waals surface area contributed by atoms with E-state index < -0.39 is 0 Å². The van der Waals surface area contributed by atoms with Gasteiger partial charge in [0, 0.05) is 18.6 Å². The molecule has 4 aromatic rings. The van der Waals surface area contributed by atoms with Crippen LogP contribution < -0.4 is 4.90 Å². The molecular formula is C23H21N5. The molecule has 0 aliphatic rings. The van der Waals surface area contributed by atoms with Gasteiger partial charge < -0.3 is 4.90 Å². The molecule has 138 valence electrons. The lowest BCUT2D eigenvalue weighted by atomic mass is 10.2. The van der Waals surface area contributed by atoms with Crippen molar-refractivity contribution in [1.29, 1.82) is 0 Å². The molecule has 0 atom stereocenters. The summed E-state index contributed by atoms with van der Waals surface area (Å²) in [6.45, 7) is 3.39. The van der Waals surface area contributed by atoms with E-state index in [2.05, 4.69) is 30.9 Å². The SMILES string of the molecule is Cc1ccc(-c2ccc(N(Cc3ccccn3)Cc3ccccn3)cn2)nc1. The van der Waals surface area contributed by atoms with E-state index in [1.54, 1.807) is 0 Å². The van der Waals surface area contributed by atoms with E-state index in [4.69, 9.17) is 0 Å². The Kier molecular flexibility index (Phi) is 5.33. The van der Waals surface area contributed by atoms with Crippen molar-refractivity contribution in [2.24, 2.45) is 0 Å². The maximum atomic E-state index is 4.64. The molecule has 4 aromatic heterocycles. The minimum absolute atomic E-state index is 0.682. The zero-order valence-corrected chi connectivity index (χ0v) is 15.7. The van der Waals surface area contributed by atoms with Gasteiger partial charge in [-0.15, -0.1) is 0 Å². The van der Waals surface area contributed by atoms with Gasteiger partial charge in [0.1, 0.15) is 0 Å². The maximum Gasteiger partial charge on any atom is 0.0887 e. The van der Waals surface area contributed by atoms with Gasteiger partial charge in [-0.3, -0.25) is 19.9 Å². The fraction of sp³-hybridized carbons (Fsp3) is 0.130. The van der Waals surface area contributed by atoms with E-state index in [1.807, 2.05) is 86.3 Å². The Morgan fingerprint density at radius 2 is 1.25 bits per heavy atom. The lowest BCUT2D eigenvalue weighted by Gasteiger charge is -2.24. The number of hydrogen-bond donors (Lipinski definition) is 0. The third-order valence-electron chi connectivity index (χ3n) is 4.44. The lowest BCUT2D eigenvalue weighted by molar-refractivity contribution is 0.763. The molecule has 0 aliphatic heterocycles. The molecule has 0 unspecified atom stereocenters. The first kappa shape index (κ1) is 17.8. The quantitative estimate of drug-likeness (QED) is 0.504. The predicted octanol–water partition coefficient (Wildman–Crippen LogP) is 4.45. The Hall–Kier alpha value is -3.60. The highest BCUT2D eigenvalue weighted by atomic mass is 15.1. The fourth-order valence-corrected chi connectivity index (χ4v) is 2.96. The van der Waals surface area contributed by atoms with Crippen LogP contribution in [0.2, 0.25) is 0 Å². The first-order valence-electron chi connectivity index (χ1n) is 9.22. The summed E-state index contributed by atoms with van der Waals surface area (Å²) < 4.78 is 0. The van der Waals surface area contributed by atoms with Crippen molar-refractivity contribution in [1.82, 2.24) is 19.9 Å². The molecule has 0 fully saturated rings. The van der Waals surface area contributed by atoms with Crippen LogP contribution in [0.25, 0.3) is 11.4 Å². The summed E-state index contributed by atoms with van der Waals surface area (Å²) in [7, 11) is 0. The highest BCUT2D eigenvalue weighted by Gasteiger charge is 2.11. The summed E-state index contributed by atoms with van der Waals surface area (Å²) in [6.07, 6.45) is 7.39. The molecule has 0 aliphatic carbocycles. The van der Waals surface area contributed by atoms with E-state index in [0.29, 0.717) is 13.1 Å². The number of aromatic nitrogens is 4. The fourth-order valence-electron chi connectivity index (χ4n) is 2.96. The Bertz CT molecular complexity index is 959. The molecular weight excluding hydrogens is 346 g/mol. The first-order chi connectivity index (χ1) is 13.8. The Morgan fingerprint density at radius 1 is 0.643 bits per heavy atom. The molecule has 5 heteroatoms. The van der Waals surface area contributed by atoms with Gasteiger partial charge in [-0.2, -0.15) is 0 Å². The molecule has 5 nitrogen and oxygen atoms in total. The largest absolute Gasteiger partial charge is 0.358 e. The number of anilines is 1. The Balaban J connectivity index is 1.60. The lowest BCUT2D eigenvalue weighted by Crippen LogP contribution is -2.23. The highest BCUT2D eigenvalue weighted by Crippen LogP contribution is 2.22. The summed E-state index contributed by atoms with van der Waals surface area (Å²) in [5.74, 6) is 0. The van der Waals surface area contributed by atoms with Crippen molar-refractivity contribution in [2.75, 3.05) is 4.90 Å². The van der Waals surface area contributed by atoms with Crippen molar-refractivity contribution in [2.45, 2.75) is 20.0 Å². The summed E-state index contributed by atoms with van der Waals surface area (Å²) >= 11 is 0. The van der Waals surface area contributed by atoms with Gasteiger partial charge in [0.05, 0.1) is 47.7 Å². The molecule has 0 bridgehead atoms. The normalized spacial score (nSPS) is 10.6. The molecule has 0 saturated carbocycles. The molecule has 0 amide bonds. The van der Waals surface area contributed by atoms with Crippen LogP contribution >= 0.6 is 0 Å². The van der Waals surface area contributed by atoms with E-state index in [1.165, 1.54) is 0 Å². The van der Waals surface area contributed by atoms with Crippen molar-refractivity contribution in [3.8, 4) is 11.4 Å². The van der Waals surface area contributed by atoms with Gasteiger partial charge in [0.15, 0.2) is 0 Å². The highest BCUT2D eigenvalue weighted by molar-refractivity contribution is 5.58. The van der Waals surface area contributed by atoms with Crippen LogP contribution in [0.15, 0.2) is 85.5 Å². The van der Waals surface area contributed by atoms with Crippen molar-refractivity contribution >= 4 is 5.69 Å². The average molecular weight is 367 g/mol. The van der Waals surface area contributed by atoms with E-state index >= 15 is 0 Å². The van der Waals surface area contributed by atoms with Crippen LogP contribution in [-0.2, 0) is 13.1 Å². The smallest absolute Gasteiger partial charge is 0.0887 e. The third-order valence-corrected chi connectivity index (χ3v) is 4.44. The van der Waals surface area contributed by atoms with Gasteiger partial charge in [-0.25, -0.2) is 0 Å². The van der Waals surface area contributed by atoms with Crippen LogP contribution in [0.5, 0.6) is 0 Å². The minimum Gasteiger partial charge on any atom is -0.358 e. The molecule has 4 rings (SSSR count). The standard InChI is InChI=1S/C23H21N5/c1-18-8-10-22(26-14-18)23-11-9-21(15-27-23)28(16-19-6-2-4-12-24-19)17-20-7-3-5-13-25-20/h2-15H,16-17H2,1H3. The molecule has 0 spiro atoms. The molecule has 0 aromatic carbocycles. The van der Waals surface area contributed by atoms with E-state index in [0.717, 1.165) is 34.0 Å². The number of nitrogens with zero attached hydrogens (tertiary/aromatic N) is 5. The predicted molar refractivity (Wildman–Crippen MR) is 111 cm³/mol. The number of aryl methyl sites for hydroxylation is 1. The molecule has 0 radical (unpaired) electrons. The topological polar surface area (TPSA) is 54.8 Å². The zero-order valence-electron chi connectivity index (χ0n) is 15.7. The third kappa shape index (κ3) is 4.38. The number of hydrogen-bond acceptors (Lipinski definition) is 5. The van der Waals surface area contributed by atoms with Gasteiger partial charge in [-0.05, 0) is 55.0 Å². The van der Waals surface area contributed by atoms with Crippen LogP contribution in [-0.4, -0.2) is 19.9 Å². The minimum atomic E-state index is 0.682. The zero-order chi connectivity index (χ0) is 19.2.